The molecule has 0 aliphatic heterocycles. The molecule has 0 aromatic heterocycles. The first-order valence-corrected chi connectivity index (χ1v) is 6.50. The molecule has 23 heavy (non-hydrogen) atoms. The normalized spacial score (nSPS) is 10.5. The van der Waals surface area contributed by atoms with Crippen LogP contribution >= 0.6 is 0 Å². The lowest BCUT2D eigenvalue weighted by Crippen LogP contribution is -2.24. The fraction of sp³-hybridized carbons (Fsp3) is 0.0667. The first kappa shape index (κ1) is 16.1. The van der Waals surface area contributed by atoms with E-state index in [1.165, 1.54) is 42.6 Å². The molecule has 8 heteroatoms. The number of carbonyl (C=O) groups excluding carboxylic acids is 1. The minimum atomic E-state index is -0.602. The molecule has 0 saturated carbocycles. The van der Waals surface area contributed by atoms with E-state index in [1.54, 1.807) is 12.1 Å². The zero-order chi connectivity index (χ0) is 16.7. The quantitative estimate of drug-likeness (QED) is 0.502. The Labute approximate surface area is 130 Å². The van der Waals surface area contributed by atoms with Gasteiger partial charge in [-0.15, -0.1) is 0 Å². The Morgan fingerprint density at radius 2 is 2.09 bits per heavy atom. The van der Waals surface area contributed by atoms with Crippen LogP contribution in [-0.4, -0.2) is 23.7 Å². The molecule has 0 aliphatic carbocycles. The van der Waals surface area contributed by atoms with Gasteiger partial charge in [0, 0.05) is 6.07 Å². The number of carbonyl (C=O) groups is 1. The molecule has 0 atom stereocenters. The van der Waals surface area contributed by atoms with Gasteiger partial charge in [-0.25, -0.2) is 9.82 Å². The van der Waals surface area contributed by atoms with E-state index in [0.717, 1.165) is 0 Å². The van der Waals surface area contributed by atoms with Crippen LogP contribution in [0.25, 0.3) is 0 Å². The Hall–Kier alpha value is -3.29. The number of nitrogens with zero attached hydrogens (tertiary/aromatic N) is 2. The molecule has 0 saturated heterocycles. The Bertz CT molecular complexity index is 749. The lowest BCUT2D eigenvalue weighted by Gasteiger charge is -2.05. The first-order chi connectivity index (χ1) is 11.1. The number of amides is 1. The molecule has 2 rings (SSSR count). The van der Waals surface area contributed by atoms with Crippen molar-refractivity contribution in [1.29, 1.82) is 0 Å². The summed E-state index contributed by atoms with van der Waals surface area (Å²) >= 11 is 0. The smallest absolute Gasteiger partial charge is 0.310 e. The van der Waals surface area contributed by atoms with E-state index in [-0.39, 0.29) is 11.4 Å². The van der Waals surface area contributed by atoms with Gasteiger partial charge in [-0.1, -0.05) is 24.3 Å². The molecule has 0 fully saturated rings. The van der Waals surface area contributed by atoms with Crippen molar-refractivity contribution in [3.8, 4) is 5.75 Å². The molecule has 2 aromatic rings. The summed E-state index contributed by atoms with van der Waals surface area (Å²) in [7, 11) is 0. The van der Waals surface area contributed by atoms with Gasteiger partial charge in [0.25, 0.3) is 5.91 Å². The maximum atomic E-state index is 12.9. The van der Waals surface area contributed by atoms with Gasteiger partial charge in [0.05, 0.1) is 11.1 Å². The van der Waals surface area contributed by atoms with Crippen molar-refractivity contribution in [2.75, 3.05) is 6.61 Å². The third kappa shape index (κ3) is 4.88. The van der Waals surface area contributed by atoms with Gasteiger partial charge < -0.3 is 4.74 Å². The number of nitro benzene ring substituents is 1. The topological polar surface area (TPSA) is 93.8 Å². The second-order valence-electron chi connectivity index (χ2n) is 4.36. The zero-order valence-corrected chi connectivity index (χ0v) is 11.8. The third-order valence-electron chi connectivity index (χ3n) is 2.67. The number of ether oxygens (including phenoxy) is 1. The molecule has 7 nitrogen and oxygen atoms in total. The highest BCUT2D eigenvalue weighted by atomic mass is 19.1. The Kier molecular flexibility index (Phi) is 5.35. The van der Waals surface area contributed by atoms with Crippen LogP contribution in [0, 0.1) is 15.9 Å². The van der Waals surface area contributed by atoms with Crippen LogP contribution in [0.2, 0.25) is 0 Å². The van der Waals surface area contributed by atoms with Crippen molar-refractivity contribution >= 4 is 17.8 Å². The van der Waals surface area contributed by atoms with E-state index in [2.05, 4.69) is 10.5 Å². The number of nitro groups is 1. The molecular formula is C15H12FN3O4. The Balaban J connectivity index is 1.87. The largest absolute Gasteiger partial charge is 0.477 e. The molecule has 0 bridgehead atoms. The van der Waals surface area contributed by atoms with Crippen molar-refractivity contribution in [3.63, 3.8) is 0 Å². The van der Waals surface area contributed by atoms with E-state index < -0.39 is 23.3 Å². The number of hydrogen-bond acceptors (Lipinski definition) is 5. The number of halogens is 1. The second kappa shape index (κ2) is 7.64. The van der Waals surface area contributed by atoms with Crippen LogP contribution in [0.15, 0.2) is 53.6 Å². The van der Waals surface area contributed by atoms with Gasteiger partial charge >= 0.3 is 5.69 Å². The lowest BCUT2D eigenvalue weighted by atomic mass is 10.2. The standard InChI is InChI=1S/C15H12FN3O4/c16-12-5-3-4-11(8-12)9-17-18-15(20)10-23-14-7-2-1-6-13(14)19(21)22/h1-9H,10H2,(H,18,20)/b17-9+. The number of nitrogens with one attached hydrogen (secondary N) is 1. The van der Waals surface area contributed by atoms with Crippen LogP contribution in [0.3, 0.4) is 0 Å². The summed E-state index contributed by atoms with van der Waals surface area (Å²) in [6.07, 6.45) is 1.27. The molecule has 118 valence electrons. The van der Waals surface area contributed by atoms with E-state index >= 15 is 0 Å². The SMILES string of the molecule is O=C(COc1ccccc1[N+](=O)[O-])N/N=C/c1cccc(F)c1. The Morgan fingerprint density at radius 1 is 1.30 bits per heavy atom. The zero-order valence-electron chi connectivity index (χ0n) is 11.8. The summed E-state index contributed by atoms with van der Waals surface area (Å²) in [6.45, 7) is -0.439. The minimum Gasteiger partial charge on any atom is -0.477 e. The highest BCUT2D eigenvalue weighted by Gasteiger charge is 2.14. The van der Waals surface area contributed by atoms with E-state index in [9.17, 15) is 19.3 Å². The number of rotatable bonds is 6. The van der Waals surface area contributed by atoms with Crippen molar-refractivity contribution in [2.24, 2.45) is 5.10 Å². The van der Waals surface area contributed by atoms with E-state index in [0.29, 0.717) is 5.56 Å². The van der Waals surface area contributed by atoms with Crippen molar-refractivity contribution in [1.82, 2.24) is 5.43 Å². The lowest BCUT2D eigenvalue weighted by molar-refractivity contribution is -0.385. The van der Waals surface area contributed by atoms with Crippen LogP contribution in [0.1, 0.15) is 5.56 Å². The van der Waals surface area contributed by atoms with Crippen LogP contribution in [-0.2, 0) is 4.79 Å². The predicted molar refractivity (Wildman–Crippen MR) is 80.7 cm³/mol. The van der Waals surface area contributed by atoms with Crippen molar-refractivity contribution in [2.45, 2.75) is 0 Å². The minimum absolute atomic E-state index is 0.0123. The predicted octanol–water partition coefficient (Wildman–Crippen LogP) is 2.26. The Morgan fingerprint density at radius 3 is 2.83 bits per heavy atom. The highest BCUT2D eigenvalue weighted by molar-refractivity contribution is 5.82. The average Bonchev–Trinajstić information content (AvgIpc) is 2.53. The van der Waals surface area contributed by atoms with Gasteiger partial charge in [0.1, 0.15) is 5.82 Å². The van der Waals surface area contributed by atoms with Gasteiger partial charge in [0.15, 0.2) is 12.4 Å². The van der Waals surface area contributed by atoms with Gasteiger partial charge in [0.2, 0.25) is 0 Å². The summed E-state index contributed by atoms with van der Waals surface area (Å²) in [4.78, 5) is 21.8. The van der Waals surface area contributed by atoms with E-state index in [1.807, 2.05) is 0 Å². The maximum Gasteiger partial charge on any atom is 0.310 e. The monoisotopic (exact) mass is 317 g/mol. The van der Waals surface area contributed by atoms with Crippen LogP contribution < -0.4 is 10.2 Å². The van der Waals surface area contributed by atoms with Gasteiger partial charge in [-0.2, -0.15) is 5.10 Å². The molecule has 0 radical (unpaired) electrons. The van der Waals surface area contributed by atoms with Crippen LogP contribution in [0.4, 0.5) is 10.1 Å². The van der Waals surface area contributed by atoms with Crippen molar-refractivity contribution < 1.29 is 18.8 Å². The summed E-state index contributed by atoms with van der Waals surface area (Å²) in [5.74, 6) is -1.03. The maximum absolute atomic E-state index is 12.9. The number of benzene rings is 2. The van der Waals surface area contributed by atoms with Crippen LogP contribution in [0.5, 0.6) is 5.75 Å². The molecule has 2 aromatic carbocycles. The summed E-state index contributed by atoms with van der Waals surface area (Å²) in [5.41, 5.74) is 2.43. The van der Waals surface area contributed by atoms with Gasteiger partial charge in [-0.3, -0.25) is 14.9 Å². The number of para-hydroxylation sites is 2. The molecule has 0 heterocycles. The van der Waals surface area contributed by atoms with E-state index in [4.69, 9.17) is 4.74 Å². The summed E-state index contributed by atoms with van der Waals surface area (Å²) < 4.78 is 18.0. The van der Waals surface area contributed by atoms with Crippen molar-refractivity contribution in [3.05, 3.63) is 70.0 Å². The third-order valence-corrected chi connectivity index (χ3v) is 2.67. The molecule has 1 amide bonds. The summed E-state index contributed by atoms with van der Waals surface area (Å²) in [6, 6.07) is 11.4. The fourth-order valence-electron chi connectivity index (χ4n) is 1.67. The molecule has 0 unspecified atom stereocenters. The number of hydrogen-bond donors (Lipinski definition) is 1. The van der Waals surface area contributed by atoms with Gasteiger partial charge in [-0.05, 0) is 23.8 Å². The second-order valence-corrected chi connectivity index (χ2v) is 4.36. The fourth-order valence-corrected chi connectivity index (χ4v) is 1.67. The molecule has 0 aliphatic rings. The number of hydrazone groups is 1. The highest BCUT2D eigenvalue weighted by Crippen LogP contribution is 2.25. The average molecular weight is 317 g/mol. The first-order valence-electron chi connectivity index (χ1n) is 6.50. The summed E-state index contributed by atoms with van der Waals surface area (Å²) in [5, 5.41) is 14.4. The molecular weight excluding hydrogens is 305 g/mol. The molecule has 0 spiro atoms. The molecule has 1 N–H and O–H groups in total.